The van der Waals surface area contributed by atoms with Crippen LogP contribution in [0.15, 0.2) is 47.3 Å². The van der Waals surface area contributed by atoms with E-state index >= 15 is 0 Å². The summed E-state index contributed by atoms with van der Waals surface area (Å²) in [7, 11) is 0. The molecule has 5 nitrogen and oxygen atoms in total. The van der Waals surface area contributed by atoms with Gasteiger partial charge >= 0.3 is 0 Å². The number of nitrogens with one attached hydrogen (secondary N) is 1. The molecule has 1 aliphatic heterocycles. The first-order chi connectivity index (χ1) is 12.1. The average molecular weight is 342 g/mol. The summed E-state index contributed by atoms with van der Waals surface area (Å²) >= 11 is 0. The molecule has 0 spiro atoms. The van der Waals surface area contributed by atoms with Crippen LogP contribution in [0.4, 0.5) is 4.39 Å². The van der Waals surface area contributed by atoms with E-state index < -0.39 is 0 Å². The number of amides is 1. The minimum absolute atomic E-state index is 0.0884. The molecule has 0 radical (unpaired) electrons. The number of ether oxygens (including phenoxy) is 1. The zero-order chi connectivity index (χ0) is 17.4. The third kappa shape index (κ3) is 3.04. The van der Waals surface area contributed by atoms with E-state index in [1.165, 1.54) is 12.1 Å². The largest absolute Gasteiger partial charge is 0.487 e. The van der Waals surface area contributed by atoms with Gasteiger partial charge in [-0.1, -0.05) is 18.2 Å². The molecule has 2 aromatic rings. The summed E-state index contributed by atoms with van der Waals surface area (Å²) in [4.78, 5) is 28.4. The zero-order valence-electron chi connectivity index (χ0n) is 13.7. The maximum atomic E-state index is 13.8. The number of para-hydroxylation sites is 1. The maximum absolute atomic E-state index is 13.8. The van der Waals surface area contributed by atoms with Crippen molar-refractivity contribution in [3.63, 3.8) is 0 Å². The second kappa shape index (κ2) is 6.35. The van der Waals surface area contributed by atoms with Gasteiger partial charge in [0.2, 0.25) is 5.56 Å². The molecule has 6 heteroatoms. The Labute approximate surface area is 144 Å². The lowest BCUT2D eigenvalue weighted by Gasteiger charge is -2.22. The van der Waals surface area contributed by atoms with E-state index in [1.807, 2.05) is 0 Å². The standard InChI is InChI=1S/C19H19FN2O3/c20-14-4-1-2-6-17(14)25-16-9-8-12-10-22(11-13(12)16)19(24)15-5-3-7-18(23)21-15/h1-7,12-13,16H,8-11H2,(H,21,23)/t12-,13+,16-/m0/s1. The van der Waals surface area contributed by atoms with Crippen LogP contribution in [0.3, 0.4) is 0 Å². The van der Waals surface area contributed by atoms with Crippen LogP contribution >= 0.6 is 0 Å². The number of halogens is 1. The lowest BCUT2D eigenvalue weighted by Crippen LogP contribution is -2.33. The number of nitrogens with zero attached hydrogens (tertiary/aromatic N) is 1. The fourth-order valence-electron chi connectivity index (χ4n) is 3.97. The molecule has 130 valence electrons. The Morgan fingerprint density at radius 3 is 2.76 bits per heavy atom. The quantitative estimate of drug-likeness (QED) is 0.932. The first-order valence-corrected chi connectivity index (χ1v) is 8.51. The van der Waals surface area contributed by atoms with Crippen molar-refractivity contribution in [3.05, 3.63) is 64.3 Å². The van der Waals surface area contributed by atoms with Crippen molar-refractivity contribution >= 4 is 5.91 Å². The molecule has 25 heavy (non-hydrogen) atoms. The van der Waals surface area contributed by atoms with E-state index in [2.05, 4.69) is 4.98 Å². The third-order valence-electron chi connectivity index (χ3n) is 5.19. The van der Waals surface area contributed by atoms with Gasteiger partial charge in [-0.25, -0.2) is 4.39 Å². The molecule has 1 amide bonds. The number of likely N-dealkylation sites (tertiary alicyclic amines) is 1. The molecule has 4 rings (SSSR count). The summed E-state index contributed by atoms with van der Waals surface area (Å²) in [5.74, 6) is 0.288. The summed E-state index contributed by atoms with van der Waals surface area (Å²) in [6.07, 6.45) is 1.74. The van der Waals surface area contributed by atoms with Crippen molar-refractivity contribution in [2.24, 2.45) is 11.8 Å². The molecule has 2 aliphatic rings. The van der Waals surface area contributed by atoms with E-state index in [0.29, 0.717) is 24.7 Å². The van der Waals surface area contributed by atoms with E-state index in [4.69, 9.17) is 4.74 Å². The van der Waals surface area contributed by atoms with E-state index in [0.717, 1.165) is 12.8 Å². The maximum Gasteiger partial charge on any atom is 0.270 e. The molecule has 2 fully saturated rings. The van der Waals surface area contributed by atoms with Gasteiger partial charge < -0.3 is 14.6 Å². The predicted octanol–water partition coefficient (Wildman–Crippen LogP) is 2.44. The first-order valence-electron chi connectivity index (χ1n) is 8.51. The Morgan fingerprint density at radius 1 is 1.12 bits per heavy atom. The minimum Gasteiger partial charge on any atom is -0.487 e. The molecule has 3 atom stereocenters. The highest BCUT2D eigenvalue weighted by Gasteiger charge is 2.45. The molecule has 1 N–H and O–H groups in total. The van der Waals surface area contributed by atoms with Crippen molar-refractivity contribution < 1.29 is 13.9 Å². The molecule has 0 unspecified atom stereocenters. The number of carbonyl (C=O) groups excluding carboxylic acids is 1. The Hall–Kier alpha value is -2.63. The molecule has 0 bridgehead atoms. The first kappa shape index (κ1) is 15.9. The summed E-state index contributed by atoms with van der Waals surface area (Å²) in [5, 5.41) is 0. The van der Waals surface area contributed by atoms with E-state index in [1.54, 1.807) is 35.2 Å². The number of aromatic nitrogens is 1. The number of hydrogen-bond donors (Lipinski definition) is 1. The van der Waals surface area contributed by atoms with Crippen LogP contribution in [0.2, 0.25) is 0 Å². The van der Waals surface area contributed by atoms with Crippen molar-refractivity contribution in [3.8, 4) is 5.75 Å². The number of benzene rings is 1. The van der Waals surface area contributed by atoms with Crippen LogP contribution in [-0.4, -0.2) is 35.0 Å². The zero-order valence-corrected chi connectivity index (χ0v) is 13.7. The smallest absolute Gasteiger partial charge is 0.270 e. The van der Waals surface area contributed by atoms with E-state index in [9.17, 15) is 14.0 Å². The second-order valence-electron chi connectivity index (χ2n) is 6.73. The third-order valence-corrected chi connectivity index (χ3v) is 5.19. The predicted molar refractivity (Wildman–Crippen MR) is 90.0 cm³/mol. The summed E-state index contributed by atoms with van der Waals surface area (Å²) in [6.45, 7) is 1.22. The number of carbonyl (C=O) groups is 1. The number of pyridine rings is 1. The van der Waals surface area contributed by atoms with Gasteiger partial charge in [0.1, 0.15) is 11.8 Å². The summed E-state index contributed by atoms with van der Waals surface area (Å²) in [5.41, 5.74) is 0.0186. The molecule has 1 saturated heterocycles. The molecular weight excluding hydrogens is 323 g/mol. The van der Waals surface area contributed by atoms with Gasteiger partial charge in [-0.05, 0) is 37.0 Å². The highest BCUT2D eigenvalue weighted by Crippen LogP contribution is 2.40. The molecule has 1 saturated carbocycles. The lowest BCUT2D eigenvalue weighted by molar-refractivity contribution is 0.0755. The molecule has 1 aromatic carbocycles. The summed E-state index contributed by atoms with van der Waals surface area (Å²) in [6, 6.07) is 11.0. The Bertz CT molecular complexity index is 850. The van der Waals surface area contributed by atoms with Crippen molar-refractivity contribution in [2.75, 3.05) is 13.1 Å². The summed E-state index contributed by atoms with van der Waals surface area (Å²) < 4.78 is 19.7. The monoisotopic (exact) mass is 342 g/mol. The molecule has 1 aromatic heterocycles. The Morgan fingerprint density at radius 2 is 1.96 bits per heavy atom. The average Bonchev–Trinajstić information content (AvgIpc) is 3.18. The number of H-pyrrole nitrogens is 1. The normalized spacial score (nSPS) is 25.0. The van der Waals surface area contributed by atoms with Gasteiger partial charge in [-0.15, -0.1) is 0 Å². The Kier molecular flexibility index (Phi) is 4.03. The molecule has 2 heterocycles. The van der Waals surface area contributed by atoms with Crippen LogP contribution in [0.1, 0.15) is 23.3 Å². The highest BCUT2D eigenvalue weighted by molar-refractivity contribution is 5.92. The van der Waals surface area contributed by atoms with E-state index in [-0.39, 0.29) is 35.1 Å². The highest BCUT2D eigenvalue weighted by atomic mass is 19.1. The molecular formula is C19H19FN2O3. The number of aromatic amines is 1. The van der Waals surface area contributed by atoms with Gasteiger partial charge in [0.05, 0.1) is 0 Å². The van der Waals surface area contributed by atoms with Gasteiger partial charge in [-0.2, -0.15) is 0 Å². The van der Waals surface area contributed by atoms with Crippen LogP contribution in [0.25, 0.3) is 0 Å². The second-order valence-corrected chi connectivity index (χ2v) is 6.73. The van der Waals surface area contributed by atoms with Gasteiger partial charge in [0.25, 0.3) is 5.91 Å². The van der Waals surface area contributed by atoms with Crippen LogP contribution in [-0.2, 0) is 0 Å². The topological polar surface area (TPSA) is 62.4 Å². The fourth-order valence-corrected chi connectivity index (χ4v) is 3.97. The SMILES string of the molecule is O=C(c1cccc(=O)[nH]1)N1C[C@@H]2CC[C@H](Oc3ccccc3F)[C@@H]2C1. The van der Waals surface area contributed by atoms with Gasteiger partial charge in [0.15, 0.2) is 11.6 Å². The van der Waals surface area contributed by atoms with Gasteiger partial charge in [-0.3, -0.25) is 9.59 Å². The van der Waals surface area contributed by atoms with Crippen LogP contribution in [0, 0.1) is 17.7 Å². The van der Waals surface area contributed by atoms with Crippen LogP contribution in [0.5, 0.6) is 5.75 Å². The van der Waals surface area contributed by atoms with Crippen LogP contribution < -0.4 is 10.3 Å². The van der Waals surface area contributed by atoms with Gasteiger partial charge in [0, 0.05) is 25.1 Å². The van der Waals surface area contributed by atoms with Crippen molar-refractivity contribution in [2.45, 2.75) is 18.9 Å². The lowest BCUT2D eigenvalue weighted by atomic mass is 9.99. The Balaban J connectivity index is 1.47. The number of rotatable bonds is 3. The number of fused-ring (bicyclic) bond motifs is 1. The van der Waals surface area contributed by atoms with Crippen molar-refractivity contribution in [1.82, 2.24) is 9.88 Å². The minimum atomic E-state index is -0.362. The van der Waals surface area contributed by atoms with Crippen molar-refractivity contribution in [1.29, 1.82) is 0 Å². The molecule has 1 aliphatic carbocycles. The number of hydrogen-bond acceptors (Lipinski definition) is 3. The fraction of sp³-hybridized carbons (Fsp3) is 0.368.